The van der Waals surface area contributed by atoms with Gasteiger partial charge in [0, 0.05) is 12.5 Å². The summed E-state index contributed by atoms with van der Waals surface area (Å²) in [6.07, 6.45) is 2.38. The minimum absolute atomic E-state index is 0. The number of nitrogens with zero attached hydrogens (tertiary/aromatic N) is 3. The van der Waals surface area contributed by atoms with Crippen molar-refractivity contribution in [3.8, 4) is 0 Å². The molecule has 0 bridgehead atoms. The average Bonchev–Trinajstić information content (AvgIpc) is 2.58. The number of piperidine rings is 1. The number of hydrogen-bond donors (Lipinski definition) is 2. The summed E-state index contributed by atoms with van der Waals surface area (Å²) >= 11 is 0. The van der Waals surface area contributed by atoms with Gasteiger partial charge < -0.3 is 5.32 Å². The minimum atomic E-state index is 0. The van der Waals surface area contributed by atoms with Crippen molar-refractivity contribution in [1.82, 2.24) is 25.9 Å². The predicted molar refractivity (Wildman–Crippen MR) is 46.3 cm³/mol. The van der Waals surface area contributed by atoms with Gasteiger partial charge in [0.15, 0.2) is 5.82 Å². The van der Waals surface area contributed by atoms with Crippen LogP contribution in [0.3, 0.4) is 0 Å². The van der Waals surface area contributed by atoms with E-state index in [0.717, 1.165) is 18.9 Å². The SMILES string of the molecule is C1CNCC(c2nn[nH]n2)C1.Cl. The summed E-state index contributed by atoms with van der Waals surface area (Å²) in [4.78, 5) is 0. The van der Waals surface area contributed by atoms with E-state index >= 15 is 0 Å². The molecule has 1 aromatic rings. The van der Waals surface area contributed by atoms with Gasteiger partial charge in [-0.1, -0.05) is 5.21 Å². The molecule has 0 saturated carbocycles. The average molecular weight is 190 g/mol. The lowest BCUT2D eigenvalue weighted by molar-refractivity contribution is 0.447. The Morgan fingerprint density at radius 1 is 1.42 bits per heavy atom. The first-order valence-corrected chi connectivity index (χ1v) is 3.91. The number of rotatable bonds is 1. The molecular weight excluding hydrogens is 178 g/mol. The minimum Gasteiger partial charge on any atom is -0.316 e. The van der Waals surface area contributed by atoms with Crippen LogP contribution < -0.4 is 5.32 Å². The van der Waals surface area contributed by atoms with E-state index in [2.05, 4.69) is 25.9 Å². The van der Waals surface area contributed by atoms with Crippen molar-refractivity contribution < 1.29 is 0 Å². The van der Waals surface area contributed by atoms with Gasteiger partial charge in [0.25, 0.3) is 0 Å². The third-order valence-corrected chi connectivity index (χ3v) is 2.02. The summed E-state index contributed by atoms with van der Waals surface area (Å²) in [6, 6.07) is 0. The Morgan fingerprint density at radius 3 is 2.92 bits per heavy atom. The summed E-state index contributed by atoms with van der Waals surface area (Å²) in [5.41, 5.74) is 0. The van der Waals surface area contributed by atoms with E-state index < -0.39 is 0 Å². The number of tetrazole rings is 1. The van der Waals surface area contributed by atoms with Crippen LogP contribution in [0.4, 0.5) is 0 Å². The molecular formula is C6H12ClN5. The Labute approximate surface area is 76.7 Å². The molecule has 6 heteroatoms. The lowest BCUT2D eigenvalue weighted by atomic mass is 9.99. The van der Waals surface area contributed by atoms with Crippen LogP contribution in [0.15, 0.2) is 0 Å². The summed E-state index contributed by atoms with van der Waals surface area (Å²) in [5.74, 6) is 1.31. The smallest absolute Gasteiger partial charge is 0.178 e. The molecule has 2 heterocycles. The van der Waals surface area contributed by atoms with Gasteiger partial charge in [-0.15, -0.1) is 22.6 Å². The largest absolute Gasteiger partial charge is 0.316 e. The highest BCUT2D eigenvalue weighted by molar-refractivity contribution is 5.85. The molecule has 68 valence electrons. The number of aromatic nitrogens is 4. The molecule has 1 aliphatic rings. The van der Waals surface area contributed by atoms with Gasteiger partial charge in [0.1, 0.15) is 0 Å². The van der Waals surface area contributed by atoms with Gasteiger partial charge in [-0.2, -0.15) is 5.21 Å². The highest BCUT2D eigenvalue weighted by Crippen LogP contribution is 2.17. The summed E-state index contributed by atoms with van der Waals surface area (Å²) < 4.78 is 0. The fourth-order valence-electron chi connectivity index (χ4n) is 1.41. The zero-order valence-corrected chi connectivity index (χ0v) is 7.47. The second-order valence-electron chi connectivity index (χ2n) is 2.81. The van der Waals surface area contributed by atoms with Gasteiger partial charge in [-0.25, -0.2) is 0 Å². The second kappa shape index (κ2) is 4.37. The second-order valence-corrected chi connectivity index (χ2v) is 2.81. The van der Waals surface area contributed by atoms with Crippen LogP contribution in [-0.4, -0.2) is 33.7 Å². The summed E-state index contributed by atoms with van der Waals surface area (Å²) in [6.45, 7) is 2.11. The maximum Gasteiger partial charge on any atom is 0.178 e. The molecule has 1 fully saturated rings. The zero-order chi connectivity index (χ0) is 7.52. The molecule has 0 amide bonds. The Hall–Kier alpha value is -0.680. The first-order chi connectivity index (χ1) is 5.47. The summed E-state index contributed by atoms with van der Waals surface area (Å²) in [7, 11) is 0. The van der Waals surface area contributed by atoms with E-state index in [4.69, 9.17) is 0 Å². The van der Waals surface area contributed by atoms with E-state index in [1.165, 1.54) is 12.8 Å². The Balaban J connectivity index is 0.000000720. The molecule has 0 spiro atoms. The lowest BCUT2D eigenvalue weighted by Crippen LogP contribution is -2.28. The van der Waals surface area contributed by atoms with Crippen LogP contribution in [0.2, 0.25) is 0 Å². The van der Waals surface area contributed by atoms with E-state index in [9.17, 15) is 0 Å². The van der Waals surface area contributed by atoms with Crippen LogP contribution in [0, 0.1) is 0 Å². The molecule has 0 radical (unpaired) electrons. The van der Waals surface area contributed by atoms with Gasteiger partial charge in [-0.05, 0) is 19.4 Å². The van der Waals surface area contributed by atoms with Crippen molar-refractivity contribution in [3.05, 3.63) is 5.82 Å². The molecule has 1 aromatic heterocycles. The molecule has 12 heavy (non-hydrogen) atoms. The predicted octanol–water partition coefficient (Wildman–Crippen LogP) is 0.0885. The standard InChI is InChI=1S/C6H11N5.ClH/c1-2-5(4-7-3-1)6-8-10-11-9-6;/h5,7H,1-4H2,(H,8,9,10,11);1H. The molecule has 1 aliphatic heterocycles. The Morgan fingerprint density at radius 2 is 2.33 bits per heavy atom. The lowest BCUT2D eigenvalue weighted by Gasteiger charge is -2.18. The topological polar surface area (TPSA) is 66.5 Å². The van der Waals surface area contributed by atoms with Crippen LogP contribution in [0.5, 0.6) is 0 Å². The molecule has 1 unspecified atom stereocenters. The van der Waals surface area contributed by atoms with Crippen molar-refractivity contribution in [3.63, 3.8) is 0 Å². The Bertz CT molecular complexity index is 206. The molecule has 0 aliphatic carbocycles. The van der Waals surface area contributed by atoms with Crippen LogP contribution in [0.1, 0.15) is 24.6 Å². The van der Waals surface area contributed by atoms with E-state index in [-0.39, 0.29) is 12.4 Å². The van der Waals surface area contributed by atoms with Gasteiger partial charge in [-0.3, -0.25) is 0 Å². The number of H-pyrrole nitrogens is 1. The fourth-order valence-corrected chi connectivity index (χ4v) is 1.41. The van der Waals surface area contributed by atoms with Crippen LogP contribution >= 0.6 is 12.4 Å². The molecule has 2 rings (SSSR count). The molecule has 2 N–H and O–H groups in total. The van der Waals surface area contributed by atoms with Gasteiger partial charge >= 0.3 is 0 Å². The highest BCUT2D eigenvalue weighted by atomic mass is 35.5. The number of aromatic amines is 1. The maximum absolute atomic E-state index is 3.95. The summed E-state index contributed by atoms with van der Waals surface area (Å²) in [5, 5.41) is 17.2. The zero-order valence-electron chi connectivity index (χ0n) is 6.66. The maximum atomic E-state index is 3.95. The van der Waals surface area contributed by atoms with Crippen molar-refractivity contribution in [2.45, 2.75) is 18.8 Å². The molecule has 1 saturated heterocycles. The quantitative estimate of drug-likeness (QED) is 0.657. The van der Waals surface area contributed by atoms with E-state index in [0.29, 0.717) is 5.92 Å². The first-order valence-electron chi connectivity index (χ1n) is 3.91. The van der Waals surface area contributed by atoms with Crippen molar-refractivity contribution in [2.24, 2.45) is 0 Å². The molecule has 1 atom stereocenters. The third-order valence-electron chi connectivity index (χ3n) is 2.02. The number of halogens is 1. The van der Waals surface area contributed by atoms with Gasteiger partial charge in [0.05, 0.1) is 0 Å². The van der Waals surface area contributed by atoms with Crippen molar-refractivity contribution in [2.75, 3.05) is 13.1 Å². The molecule has 0 aromatic carbocycles. The van der Waals surface area contributed by atoms with E-state index in [1.54, 1.807) is 0 Å². The highest BCUT2D eigenvalue weighted by Gasteiger charge is 2.18. The monoisotopic (exact) mass is 189 g/mol. The van der Waals surface area contributed by atoms with Crippen LogP contribution in [-0.2, 0) is 0 Å². The fraction of sp³-hybridized carbons (Fsp3) is 0.833. The van der Waals surface area contributed by atoms with Crippen molar-refractivity contribution in [1.29, 1.82) is 0 Å². The van der Waals surface area contributed by atoms with Gasteiger partial charge in [0.2, 0.25) is 0 Å². The van der Waals surface area contributed by atoms with E-state index in [1.807, 2.05) is 0 Å². The third kappa shape index (κ3) is 1.92. The van der Waals surface area contributed by atoms with Crippen molar-refractivity contribution >= 4 is 12.4 Å². The number of hydrogen-bond acceptors (Lipinski definition) is 4. The Kier molecular flexibility index (Phi) is 3.43. The normalized spacial score (nSPS) is 23.2. The molecule has 5 nitrogen and oxygen atoms in total. The number of nitrogens with one attached hydrogen (secondary N) is 2. The first kappa shape index (κ1) is 9.41. The van der Waals surface area contributed by atoms with Crippen LogP contribution in [0.25, 0.3) is 0 Å².